The number of aliphatic hydroxyl groups excluding tert-OH is 1. The highest BCUT2D eigenvalue weighted by Crippen LogP contribution is 2.36. The van der Waals surface area contributed by atoms with Crippen molar-refractivity contribution in [3.05, 3.63) is 38.4 Å². The second-order valence-electron chi connectivity index (χ2n) is 5.13. The number of nitriles is 1. The predicted octanol–water partition coefficient (Wildman–Crippen LogP) is 1.34. The molecule has 11 heteroatoms. The fourth-order valence-corrected chi connectivity index (χ4v) is 2.11. The van der Waals surface area contributed by atoms with Crippen LogP contribution < -0.4 is 5.32 Å². The van der Waals surface area contributed by atoms with Gasteiger partial charge in [-0.2, -0.15) is 5.26 Å². The Morgan fingerprint density at radius 1 is 1.46 bits per heavy atom. The number of nitro groups is 1. The van der Waals surface area contributed by atoms with Gasteiger partial charge in [-0.05, 0) is 6.07 Å². The first-order valence-corrected chi connectivity index (χ1v) is 7.48. The first-order valence-electron chi connectivity index (χ1n) is 7.10. The average molecular weight is 383 g/mol. The number of phenolic OH excluding ortho intramolecular Hbond substituents is 1. The molecule has 0 aliphatic heterocycles. The number of halogens is 1. The van der Waals surface area contributed by atoms with Gasteiger partial charge in [-0.25, -0.2) is 0 Å². The third-order valence-electron chi connectivity index (χ3n) is 3.24. The Labute approximate surface area is 153 Å². The van der Waals surface area contributed by atoms with Gasteiger partial charge in [-0.1, -0.05) is 11.6 Å². The van der Waals surface area contributed by atoms with Crippen molar-refractivity contribution in [1.29, 1.82) is 5.26 Å². The van der Waals surface area contributed by atoms with Crippen molar-refractivity contribution in [3.8, 4) is 11.8 Å². The standard InChI is InChI=1S/C15H15ClN4O6/c1-8(21)18-3-4-19(2)15(24)10(7-17)13(22)9-5-11(16)14(23)12(6-9)20(25)26/h5-6,22-23H,3-4H2,1-2H3,(H,18,21)/b13-10-. The summed E-state index contributed by atoms with van der Waals surface area (Å²) in [7, 11) is 1.35. The van der Waals surface area contributed by atoms with Crippen molar-refractivity contribution in [2.24, 2.45) is 0 Å². The number of nitrogens with zero attached hydrogens (tertiary/aromatic N) is 3. The normalized spacial score (nSPS) is 11.2. The fraction of sp³-hybridized carbons (Fsp3) is 0.267. The first-order chi connectivity index (χ1) is 12.1. The molecule has 0 aliphatic rings. The van der Waals surface area contributed by atoms with E-state index in [1.54, 1.807) is 0 Å². The van der Waals surface area contributed by atoms with Gasteiger partial charge < -0.3 is 20.4 Å². The molecule has 138 valence electrons. The summed E-state index contributed by atoms with van der Waals surface area (Å²) in [5.74, 6) is -2.78. The average Bonchev–Trinajstić information content (AvgIpc) is 2.56. The van der Waals surface area contributed by atoms with E-state index in [1.807, 2.05) is 0 Å². The zero-order valence-electron chi connectivity index (χ0n) is 13.8. The van der Waals surface area contributed by atoms with E-state index in [2.05, 4.69) is 5.32 Å². The van der Waals surface area contributed by atoms with E-state index in [1.165, 1.54) is 20.0 Å². The molecule has 1 aromatic rings. The van der Waals surface area contributed by atoms with Crippen LogP contribution in [0.25, 0.3) is 5.76 Å². The van der Waals surface area contributed by atoms with Crippen LogP contribution in [-0.4, -0.2) is 52.0 Å². The highest BCUT2D eigenvalue weighted by atomic mass is 35.5. The summed E-state index contributed by atoms with van der Waals surface area (Å²) in [6.45, 7) is 1.50. The zero-order chi connectivity index (χ0) is 20.0. The molecule has 0 radical (unpaired) electrons. The summed E-state index contributed by atoms with van der Waals surface area (Å²) in [6.07, 6.45) is 0. The van der Waals surface area contributed by atoms with E-state index in [-0.39, 0.29) is 24.6 Å². The van der Waals surface area contributed by atoms with Crippen molar-refractivity contribution in [1.82, 2.24) is 10.2 Å². The summed E-state index contributed by atoms with van der Waals surface area (Å²) >= 11 is 5.69. The molecule has 0 atom stereocenters. The summed E-state index contributed by atoms with van der Waals surface area (Å²) in [5, 5.41) is 41.9. The molecule has 0 aliphatic carbocycles. The number of nitrogens with one attached hydrogen (secondary N) is 1. The lowest BCUT2D eigenvalue weighted by atomic mass is 10.1. The Morgan fingerprint density at radius 2 is 2.08 bits per heavy atom. The number of likely N-dealkylation sites (N-methyl/N-ethyl adjacent to an activating group) is 1. The van der Waals surface area contributed by atoms with Gasteiger partial charge in [-0.15, -0.1) is 0 Å². The van der Waals surface area contributed by atoms with E-state index in [4.69, 9.17) is 11.6 Å². The van der Waals surface area contributed by atoms with Crippen LogP contribution in [0.4, 0.5) is 5.69 Å². The van der Waals surface area contributed by atoms with Gasteiger partial charge in [0.1, 0.15) is 11.8 Å². The van der Waals surface area contributed by atoms with E-state index < -0.39 is 38.6 Å². The molecule has 0 spiro atoms. The molecule has 1 aromatic carbocycles. The number of hydrogen-bond donors (Lipinski definition) is 3. The van der Waals surface area contributed by atoms with Gasteiger partial charge in [0.25, 0.3) is 5.91 Å². The molecule has 3 N–H and O–H groups in total. The van der Waals surface area contributed by atoms with Crippen LogP contribution in [0.5, 0.6) is 5.75 Å². The number of carbonyl (C=O) groups is 2. The summed E-state index contributed by atoms with van der Waals surface area (Å²) in [5.41, 5.74) is -1.74. The number of phenols is 1. The molecule has 10 nitrogen and oxygen atoms in total. The number of benzene rings is 1. The van der Waals surface area contributed by atoms with Crippen LogP contribution in [0.1, 0.15) is 12.5 Å². The van der Waals surface area contributed by atoms with Gasteiger partial charge in [-0.3, -0.25) is 19.7 Å². The number of aliphatic hydroxyl groups is 1. The van der Waals surface area contributed by atoms with E-state index >= 15 is 0 Å². The maximum Gasteiger partial charge on any atom is 0.313 e. The zero-order valence-corrected chi connectivity index (χ0v) is 14.6. The van der Waals surface area contributed by atoms with Gasteiger partial charge in [0.05, 0.1) is 9.95 Å². The van der Waals surface area contributed by atoms with Crippen molar-refractivity contribution in [2.75, 3.05) is 20.1 Å². The third-order valence-corrected chi connectivity index (χ3v) is 3.53. The second kappa shape index (κ2) is 8.68. The van der Waals surface area contributed by atoms with Gasteiger partial charge in [0, 0.05) is 38.7 Å². The Bertz CT molecular complexity index is 830. The molecule has 0 heterocycles. The maximum atomic E-state index is 12.3. The molecular formula is C15H15ClN4O6. The molecular weight excluding hydrogens is 368 g/mol. The minimum Gasteiger partial charge on any atom is -0.506 e. The summed E-state index contributed by atoms with van der Waals surface area (Å²) in [4.78, 5) is 34.2. The molecule has 0 saturated heterocycles. The molecule has 26 heavy (non-hydrogen) atoms. The minimum absolute atomic E-state index is 0.0629. The molecule has 1 rings (SSSR count). The van der Waals surface area contributed by atoms with Crippen molar-refractivity contribution in [3.63, 3.8) is 0 Å². The number of aromatic hydroxyl groups is 1. The number of rotatable bonds is 6. The molecule has 2 amide bonds. The van der Waals surface area contributed by atoms with Crippen LogP contribution in [0.15, 0.2) is 17.7 Å². The topological polar surface area (TPSA) is 157 Å². The van der Waals surface area contributed by atoms with Crippen molar-refractivity contribution >= 4 is 34.9 Å². The lowest BCUT2D eigenvalue weighted by molar-refractivity contribution is -0.385. The number of amides is 2. The van der Waals surface area contributed by atoms with E-state index in [9.17, 15) is 35.2 Å². The molecule has 0 bridgehead atoms. The Balaban J connectivity index is 3.23. The van der Waals surface area contributed by atoms with E-state index in [0.29, 0.717) is 0 Å². The summed E-state index contributed by atoms with van der Waals surface area (Å²) < 4.78 is 0. The molecule has 0 fully saturated rings. The largest absolute Gasteiger partial charge is 0.506 e. The van der Waals surface area contributed by atoms with Crippen molar-refractivity contribution in [2.45, 2.75) is 6.92 Å². The fourth-order valence-electron chi connectivity index (χ4n) is 1.90. The Hall–Kier alpha value is -3.32. The van der Waals surface area contributed by atoms with Crippen LogP contribution in [-0.2, 0) is 9.59 Å². The SMILES string of the molecule is CC(=O)NCCN(C)C(=O)/C(C#N)=C(\O)c1cc(Cl)c(O)c([N+](=O)[O-])c1. The lowest BCUT2D eigenvalue weighted by Crippen LogP contribution is -2.36. The van der Waals surface area contributed by atoms with Gasteiger partial charge >= 0.3 is 5.69 Å². The quantitative estimate of drug-likeness (QED) is 0.220. The molecule has 0 unspecified atom stereocenters. The first kappa shape index (κ1) is 20.7. The predicted molar refractivity (Wildman–Crippen MR) is 91.3 cm³/mol. The monoisotopic (exact) mass is 382 g/mol. The smallest absolute Gasteiger partial charge is 0.313 e. The van der Waals surface area contributed by atoms with Crippen LogP contribution in [0, 0.1) is 21.4 Å². The van der Waals surface area contributed by atoms with Crippen LogP contribution in [0.2, 0.25) is 5.02 Å². The second-order valence-corrected chi connectivity index (χ2v) is 5.54. The van der Waals surface area contributed by atoms with E-state index in [0.717, 1.165) is 17.0 Å². The number of nitro benzene ring substituents is 1. The minimum atomic E-state index is -0.925. The Kier molecular flexibility index (Phi) is 6.92. The maximum absolute atomic E-state index is 12.3. The van der Waals surface area contributed by atoms with Crippen LogP contribution >= 0.6 is 11.6 Å². The number of hydrogen-bond acceptors (Lipinski definition) is 7. The molecule has 0 aromatic heterocycles. The van der Waals surface area contributed by atoms with Gasteiger partial charge in [0.15, 0.2) is 5.57 Å². The Morgan fingerprint density at radius 3 is 2.58 bits per heavy atom. The highest BCUT2D eigenvalue weighted by Gasteiger charge is 2.24. The third kappa shape index (κ3) is 4.84. The highest BCUT2D eigenvalue weighted by molar-refractivity contribution is 6.32. The summed E-state index contributed by atoms with van der Waals surface area (Å²) in [6, 6.07) is 3.32. The van der Waals surface area contributed by atoms with Crippen molar-refractivity contribution < 1.29 is 24.7 Å². The van der Waals surface area contributed by atoms with Gasteiger partial charge in [0.2, 0.25) is 11.7 Å². The van der Waals surface area contributed by atoms with Crippen LogP contribution in [0.3, 0.4) is 0 Å². The molecule has 0 saturated carbocycles. The lowest BCUT2D eigenvalue weighted by Gasteiger charge is -2.17. The number of carbonyl (C=O) groups excluding carboxylic acids is 2.